The maximum Gasteiger partial charge on any atom is 0.292 e. The van der Waals surface area contributed by atoms with Gasteiger partial charge in [-0.2, -0.15) is 0 Å². The molecular formula is C19H22N4O3. The number of rotatable bonds is 5. The van der Waals surface area contributed by atoms with Crippen LogP contribution in [0.25, 0.3) is 0 Å². The highest BCUT2D eigenvalue weighted by Crippen LogP contribution is 2.31. The molecule has 0 bridgehead atoms. The number of benzene rings is 1. The third-order valence-corrected chi connectivity index (χ3v) is 4.78. The van der Waals surface area contributed by atoms with Gasteiger partial charge in [-0.05, 0) is 30.5 Å². The first-order valence-corrected chi connectivity index (χ1v) is 8.68. The molecule has 0 spiro atoms. The van der Waals surface area contributed by atoms with Crippen molar-refractivity contribution in [2.45, 2.75) is 19.4 Å². The minimum absolute atomic E-state index is 0.0457. The number of nitrogens with zero attached hydrogens (tertiary/aromatic N) is 4. The first kappa shape index (κ1) is 17.8. The van der Waals surface area contributed by atoms with Crippen molar-refractivity contribution in [2.75, 3.05) is 25.0 Å². The van der Waals surface area contributed by atoms with Gasteiger partial charge in [0, 0.05) is 51.1 Å². The first-order valence-electron chi connectivity index (χ1n) is 8.68. The zero-order valence-electron chi connectivity index (χ0n) is 14.7. The number of nitro groups is 1. The van der Waals surface area contributed by atoms with Gasteiger partial charge in [0.15, 0.2) is 0 Å². The quantitative estimate of drug-likeness (QED) is 0.609. The Hall–Kier alpha value is -2.96. The van der Waals surface area contributed by atoms with Crippen molar-refractivity contribution in [3.63, 3.8) is 0 Å². The normalized spacial score (nSPS) is 14.9. The molecule has 1 fully saturated rings. The van der Waals surface area contributed by atoms with E-state index in [2.05, 4.69) is 4.98 Å². The Morgan fingerprint density at radius 2 is 2.00 bits per heavy atom. The van der Waals surface area contributed by atoms with Gasteiger partial charge in [0.1, 0.15) is 5.69 Å². The molecule has 1 aromatic heterocycles. The fourth-order valence-electron chi connectivity index (χ4n) is 3.41. The lowest BCUT2D eigenvalue weighted by Gasteiger charge is -2.34. The third-order valence-electron chi connectivity index (χ3n) is 4.78. The molecule has 3 rings (SSSR count). The summed E-state index contributed by atoms with van der Waals surface area (Å²) < 4.78 is 0. The topological polar surface area (TPSA) is 79.6 Å². The molecule has 0 unspecified atom stereocenters. The van der Waals surface area contributed by atoms with E-state index in [9.17, 15) is 14.9 Å². The minimum atomic E-state index is -0.353. The molecule has 26 heavy (non-hydrogen) atoms. The van der Waals surface area contributed by atoms with Crippen molar-refractivity contribution in [1.82, 2.24) is 9.88 Å². The van der Waals surface area contributed by atoms with E-state index in [0.717, 1.165) is 5.56 Å². The summed E-state index contributed by atoms with van der Waals surface area (Å²) in [7, 11) is 1.81. The monoisotopic (exact) mass is 354 g/mol. The largest absolute Gasteiger partial charge is 0.366 e. The van der Waals surface area contributed by atoms with Gasteiger partial charge in [-0.3, -0.25) is 19.9 Å². The van der Waals surface area contributed by atoms with E-state index in [1.165, 1.54) is 6.07 Å². The Morgan fingerprint density at radius 3 is 2.65 bits per heavy atom. The lowest BCUT2D eigenvalue weighted by Crippen LogP contribution is -2.41. The van der Waals surface area contributed by atoms with Crippen LogP contribution in [0.4, 0.5) is 11.4 Å². The Kier molecular flexibility index (Phi) is 5.46. The molecule has 0 N–H and O–H groups in total. The zero-order valence-corrected chi connectivity index (χ0v) is 14.7. The molecule has 1 aliphatic heterocycles. The van der Waals surface area contributed by atoms with Crippen LogP contribution in [0.5, 0.6) is 0 Å². The minimum Gasteiger partial charge on any atom is -0.366 e. The number of amides is 1. The molecule has 0 saturated carbocycles. The summed E-state index contributed by atoms with van der Waals surface area (Å²) in [6.07, 6.45) is 4.87. The van der Waals surface area contributed by atoms with Crippen LogP contribution in [0.1, 0.15) is 18.4 Å². The zero-order chi connectivity index (χ0) is 18.5. The highest BCUT2D eigenvalue weighted by molar-refractivity contribution is 5.79. The highest BCUT2D eigenvalue weighted by Gasteiger charge is 2.29. The summed E-state index contributed by atoms with van der Waals surface area (Å²) in [5.74, 6) is 0.0757. The molecule has 0 aliphatic carbocycles. The van der Waals surface area contributed by atoms with E-state index in [0.29, 0.717) is 38.2 Å². The summed E-state index contributed by atoms with van der Waals surface area (Å²) in [6, 6.07) is 10.6. The molecule has 7 heteroatoms. The smallest absolute Gasteiger partial charge is 0.292 e. The molecule has 1 amide bonds. The molecule has 0 atom stereocenters. The summed E-state index contributed by atoms with van der Waals surface area (Å²) in [6.45, 7) is 1.82. The van der Waals surface area contributed by atoms with E-state index in [-0.39, 0.29) is 22.4 Å². The SMILES string of the molecule is CN(Cc1cccnc1)C(=O)C1CCN(c2ccccc2[N+](=O)[O-])CC1. The average Bonchev–Trinajstić information content (AvgIpc) is 2.68. The number of para-hydroxylation sites is 2. The molecule has 2 aromatic rings. The van der Waals surface area contributed by atoms with E-state index < -0.39 is 0 Å². The Balaban J connectivity index is 1.60. The average molecular weight is 354 g/mol. The number of anilines is 1. The number of pyridine rings is 1. The second-order valence-electron chi connectivity index (χ2n) is 6.56. The fraction of sp³-hybridized carbons (Fsp3) is 0.368. The van der Waals surface area contributed by atoms with Crippen LogP contribution >= 0.6 is 0 Å². The van der Waals surface area contributed by atoms with Gasteiger partial charge in [-0.1, -0.05) is 18.2 Å². The lowest BCUT2D eigenvalue weighted by atomic mass is 9.94. The summed E-state index contributed by atoms with van der Waals surface area (Å²) in [5.41, 5.74) is 1.75. The van der Waals surface area contributed by atoms with Gasteiger partial charge >= 0.3 is 0 Å². The van der Waals surface area contributed by atoms with Gasteiger partial charge in [-0.15, -0.1) is 0 Å². The van der Waals surface area contributed by atoms with Crippen LogP contribution in [0.15, 0.2) is 48.8 Å². The number of carbonyl (C=O) groups excluding carboxylic acids is 1. The van der Waals surface area contributed by atoms with Crippen LogP contribution in [-0.4, -0.2) is 40.9 Å². The van der Waals surface area contributed by atoms with Crippen molar-refractivity contribution in [2.24, 2.45) is 5.92 Å². The molecular weight excluding hydrogens is 332 g/mol. The van der Waals surface area contributed by atoms with E-state index in [1.807, 2.05) is 24.1 Å². The molecule has 1 saturated heterocycles. The maximum atomic E-state index is 12.7. The lowest BCUT2D eigenvalue weighted by molar-refractivity contribution is -0.384. The van der Waals surface area contributed by atoms with Gasteiger partial charge in [0.05, 0.1) is 4.92 Å². The second kappa shape index (κ2) is 7.95. The predicted molar refractivity (Wildman–Crippen MR) is 98.7 cm³/mol. The molecule has 136 valence electrons. The summed E-state index contributed by atoms with van der Waals surface area (Å²) in [4.78, 5) is 31.4. The Labute approximate surface area is 152 Å². The molecule has 7 nitrogen and oxygen atoms in total. The number of piperidine rings is 1. The standard InChI is InChI=1S/C19H22N4O3/c1-21(14-15-5-4-10-20-13-15)19(24)16-8-11-22(12-9-16)17-6-2-3-7-18(17)23(25)26/h2-7,10,13,16H,8-9,11-12,14H2,1H3. The van der Waals surface area contributed by atoms with Gasteiger partial charge in [0.2, 0.25) is 5.91 Å². The Bertz CT molecular complexity index is 773. The number of aromatic nitrogens is 1. The number of hydrogen-bond donors (Lipinski definition) is 0. The predicted octanol–water partition coefficient (Wildman–Crippen LogP) is 2.86. The molecule has 1 aliphatic rings. The van der Waals surface area contributed by atoms with Crippen molar-refractivity contribution in [1.29, 1.82) is 0 Å². The summed E-state index contributed by atoms with van der Waals surface area (Å²) in [5, 5.41) is 11.2. The van der Waals surface area contributed by atoms with E-state index in [1.54, 1.807) is 35.5 Å². The van der Waals surface area contributed by atoms with Crippen LogP contribution in [0.2, 0.25) is 0 Å². The second-order valence-corrected chi connectivity index (χ2v) is 6.56. The van der Waals surface area contributed by atoms with Crippen LogP contribution in [-0.2, 0) is 11.3 Å². The number of nitro benzene ring substituents is 1. The maximum absolute atomic E-state index is 12.7. The first-order chi connectivity index (χ1) is 12.6. The van der Waals surface area contributed by atoms with Crippen molar-refractivity contribution >= 4 is 17.3 Å². The van der Waals surface area contributed by atoms with Crippen LogP contribution < -0.4 is 4.90 Å². The molecule has 2 heterocycles. The van der Waals surface area contributed by atoms with Crippen molar-refractivity contribution < 1.29 is 9.72 Å². The Morgan fingerprint density at radius 1 is 1.27 bits per heavy atom. The van der Waals surface area contributed by atoms with Gasteiger partial charge < -0.3 is 9.80 Å². The number of carbonyl (C=O) groups is 1. The van der Waals surface area contributed by atoms with E-state index in [4.69, 9.17) is 0 Å². The molecule has 1 aromatic carbocycles. The van der Waals surface area contributed by atoms with Crippen molar-refractivity contribution in [3.8, 4) is 0 Å². The van der Waals surface area contributed by atoms with Gasteiger partial charge in [-0.25, -0.2) is 0 Å². The number of hydrogen-bond acceptors (Lipinski definition) is 5. The summed E-state index contributed by atoms with van der Waals surface area (Å²) >= 11 is 0. The van der Waals surface area contributed by atoms with Crippen molar-refractivity contribution in [3.05, 3.63) is 64.5 Å². The highest BCUT2D eigenvalue weighted by atomic mass is 16.6. The van der Waals surface area contributed by atoms with Gasteiger partial charge in [0.25, 0.3) is 5.69 Å². The van der Waals surface area contributed by atoms with Crippen LogP contribution in [0.3, 0.4) is 0 Å². The fourth-order valence-corrected chi connectivity index (χ4v) is 3.41. The van der Waals surface area contributed by atoms with E-state index >= 15 is 0 Å². The molecule has 0 radical (unpaired) electrons. The van der Waals surface area contributed by atoms with Crippen LogP contribution in [0, 0.1) is 16.0 Å². The third kappa shape index (κ3) is 3.99.